The van der Waals surface area contributed by atoms with Crippen LogP contribution in [0.15, 0.2) is 141 Å². The summed E-state index contributed by atoms with van der Waals surface area (Å²) in [5.74, 6) is 9.94. The van der Waals surface area contributed by atoms with E-state index in [9.17, 15) is 24.3 Å². The van der Waals surface area contributed by atoms with Crippen molar-refractivity contribution in [2.24, 2.45) is 25.8 Å². The first-order chi connectivity index (χ1) is 59.8. The van der Waals surface area contributed by atoms with Crippen molar-refractivity contribution in [1.82, 2.24) is 75.3 Å². The highest BCUT2D eigenvalue weighted by Crippen LogP contribution is 2.46. The highest BCUT2D eigenvalue weighted by atomic mass is 35.5. The Kier molecular flexibility index (Phi) is 27.1. The van der Waals surface area contributed by atoms with Crippen LogP contribution in [-0.2, 0) is 35.2 Å². The summed E-state index contributed by atoms with van der Waals surface area (Å²) in [5, 5.41) is 50.9. The summed E-state index contributed by atoms with van der Waals surface area (Å²) in [7, 11) is 0. The Morgan fingerprint density at radius 2 is 0.635 bits per heavy atom. The zero-order valence-electron chi connectivity index (χ0n) is 72.7. The van der Waals surface area contributed by atoms with Gasteiger partial charge in [-0.05, 0) is 213 Å². The van der Waals surface area contributed by atoms with Gasteiger partial charge in [-0.25, -0.2) is 11.3 Å². The van der Waals surface area contributed by atoms with Crippen molar-refractivity contribution in [2.75, 3.05) is 0 Å². The van der Waals surface area contributed by atoms with Crippen LogP contribution in [0.25, 0.3) is 20.0 Å². The van der Waals surface area contributed by atoms with Crippen LogP contribution in [0.2, 0.25) is 20.1 Å². The van der Waals surface area contributed by atoms with Gasteiger partial charge >= 0.3 is 11.9 Å². The molecule has 13 aromatic rings. The van der Waals surface area contributed by atoms with E-state index in [-0.39, 0.29) is 55.2 Å². The van der Waals surface area contributed by atoms with Crippen molar-refractivity contribution in [2.45, 2.75) is 192 Å². The summed E-state index contributed by atoms with van der Waals surface area (Å²) < 4.78 is 19.2. The summed E-state index contributed by atoms with van der Waals surface area (Å²) in [6.07, 6.45) is 0.336. The predicted molar refractivity (Wildman–Crippen MR) is 499 cm³/mol. The maximum atomic E-state index is 12.9. The molecule has 652 valence electrons. The van der Waals surface area contributed by atoms with Crippen LogP contribution >= 0.6 is 91.8 Å². The highest BCUT2D eigenvalue weighted by molar-refractivity contribution is 7.16. The van der Waals surface area contributed by atoms with E-state index >= 15 is 0 Å². The molecule has 0 aliphatic carbocycles. The van der Waals surface area contributed by atoms with E-state index in [0.717, 1.165) is 138 Å². The van der Waals surface area contributed by atoms with Gasteiger partial charge in [0.15, 0.2) is 23.3 Å². The number of phenols is 1. The van der Waals surface area contributed by atoms with Crippen molar-refractivity contribution in [1.29, 1.82) is 0 Å². The van der Waals surface area contributed by atoms with Gasteiger partial charge in [-0.15, -0.1) is 86.1 Å². The maximum absolute atomic E-state index is 12.9. The fourth-order valence-electron chi connectivity index (χ4n) is 14.9. The number of fused-ring (bicyclic) bond motifs is 12. The quantitative estimate of drug-likeness (QED) is 0.0275. The number of nitrogens with zero attached hydrogens (tertiary/aromatic N) is 16. The molecule has 0 radical (unpaired) electrons. The van der Waals surface area contributed by atoms with Gasteiger partial charge in [0.05, 0.1) is 48.5 Å². The van der Waals surface area contributed by atoms with Gasteiger partial charge in [0.2, 0.25) is 11.8 Å². The molecule has 4 aliphatic heterocycles. The number of phenolic OH excluding ortho intramolecular Hbond substituents is 1. The number of carbonyl (C=O) groups excluding carboxylic acids is 4. The number of benzene rings is 5. The molecular formula is C91H94Cl4N20O7S4. The minimum atomic E-state index is -0.569. The average molecular weight is 1850 g/mol. The zero-order chi connectivity index (χ0) is 90.4. The first-order valence-corrected chi connectivity index (χ1v) is 45.3. The van der Waals surface area contributed by atoms with Gasteiger partial charge in [0.25, 0.3) is 0 Å². The number of esters is 2. The highest BCUT2D eigenvalue weighted by Gasteiger charge is 2.39. The summed E-state index contributed by atoms with van der Waals surface area (Å²) in [6.45, 7) is 36.0. The topological polar surface area (TPSA) is 341 Å². The number of halogens is 4. The van der Waals surface area contributed by atoms with Gasteiger partial charge in [-0.1, -0.05) is 107 Å². The summed E-state index contributed by atoms with van der Waals surface area (Å²) in [6, 6.07) is 35.1. The number of rotatable bonds is 15. The number of ether oxygens (including phenoxy) is 2. The fraction of sp³-hybridized carbons (Fsp3) is 0.319. The van der Waals surface area contributed by atoms with E-state index in [1.807, 2.05) is 185 Å². The minimum Gasteiger partial charge on any atom is -0.508 e. The lowest BCUT2D eigenvalue weighted by atomic mass is 9.99. The third-order valence-electron chi connectivity index (χ3n) is 21.4. The number of hydrogen-bond donors (Lipinski definition) is 5. The lowest BCUT2D eigenvalue weighted by molar-refractivity contribution is -0.156. The molecule has 0 saturated carbocycles. The number of aliphatic imine (C=N–C) groups is 4. The standard InChI is InChI=1S/C26H25ClN6O2S.2C23H25ClN4O2S.C19H19ClN6OS/c1-14-15(2)36-26-23(14)24(18-6-8-19(27)9-7-18)29-21(25-32-30-16(3)33(25)26)12-22(35)31-28-13-17-4-10-20(34)11-5-17;2*1-12-13(2)31-22-19(12)20(15-7-9-16(24)10-8-15)25-17(11-18(29)30-23(4,5)6)21-27-26-14(3)28(21)22;1-9-10(2)28-19-16(9)17(12-4-6-13(20)7-5-12)22-14(8-15(27)23-21)18-25-24-11(3)26(18)19/h4-11,21,28,34H,12-13H2,1-3H3,(H,31,35);2*7-10,17H,11H2,1-6H3;4-7,14H,8,21H2,1-3H3,(H,23,27). The van der Waals surface area contributed by atoms with Gasteiger partial charge < -0.3 is 14.6 Å². The van der Waals surface area contributed by atoms with Gasteiger partial charge in [-0.2, -0.15) is 0 Å². The number of amides is 2. The third kappa shape index (κ3) is 19.6. The molecule has 0 saturated heterocycles. The predicted octanol–water partition coefficient (Wildman–Crippen LogP) is 19.0. The second-order valence-corrected chi connectivity index (χ2v) is 39.3. The number of nitrogens with two attached hydrogens (primary N) is 1. The molecule has 35 heteroatoms. The number of aromatic hydroxyl groups is 1. The second kappa shape index (κ2) is 37.4. The second-order valence-electron chi connectivity index (χ2n) is 32.7. The van der Waals surface area contributed by atoms with E-state index in [2.05, 4.69) is 112 Å². The Morgan fingerprint density at radius 3 is 0.889 bits per heavy atom. The first kappa shape index (κ1) is 91.1. The van der Waals surface area contributed by atoms with Crippen molar-refractivity contribution in [3.8, 4) is 25.8 Å². The molecule has 0 bridgehead atoms. The van der Waals surface area contributed by atoms with Gasteiger partial charge in [0, 0.05) is 90.7 Å². The largest absolute Gasteiger partial charge is 0.508 e. The lowest BCUT2D eigenvalue weighted by Crippen LogP contribution is -2.37. The Hall–Kier alpha value is -11.1. The summed E-state index contributed by atoms with van der Waals surface area (Å²) in [5.41, 5.74) is 23.4. The van der Waals surface area contributed by atoms with E-state index in [0.29, 0.717) is 49.9 Å². The molecule has 5 aromatic carbocycles. The molecule has 4 aliphatic rings. The van der Waals surface area contributed by atoms with Crippen LogP contribution in [-0.4, -0.2) is 122 Å². The molecule has 6 N–H and O–H groups in total. The van der Waals surface area contributed by atoms with Crippen molar-refractivity contribution in [3.05, 3.63) is 280 Å². The number of hydrazine groups is 2. The van der Waals surface area contributed by atoms with E-state index in [1.54, 1.807) is 69.6 Å². The van der Waals surface area contributed by atoms with Crippen LogP contribution in [0.3, 0.4) is 0 Å². The molecule has 12 heterocycles. The molecule has 2 amide bonds. The molecule has 17 rings (SSSR count). The Labute approximate surface area is 765 Å². The molecule has 4 atom stereocenters. The minimum absolute atomic E-state index is 0.0820. The Bertz CT molecular complexity index is 6290. The molecule has 8 aromatic heterocycles. The molecular weight excluding hydrogens is 1760 g/mol. The number of carbonyl (C=O) groups is 4. The molecule has 0 spiro atoms. The van der Waals surface area contributed by atoms with Crippen LogP contribution in [0.5, 0.6) is 5.75 Å². The first-order valence-electron chi connectivity index (χ1n) is 40.5. The third-order valence-corrected chi connectivity index (χ3v) is 27.1. The van der Waals surface area contributed by atoms with Crippen LogP contribution in [0.4, 0.5) is 0 Å². The van der Waals surface area contributed by atoms with Gasteiger partial charge in [-0.3, -0.25) is 68.3 Å². The summed E-state index contributed by atoms with van der Waals surface area (Å²) in [4.78, 5) is 75.4. The molecule has 126 heavy (non-hydrogen) atoms. The van der Waals surface area contributed by atoms with E-state index < -0.39 is 35.4 Å². The monoisotopic (exact) mass is 1850 g/mol. The number of nitrogens with one attached hydrogen (secondary N) is 3. The Morgan fingerprint density at radius 1 is 0.381 bits per heavy atom. The number of aryl methyl sites for hydroxylation is 8. The summed E-state index contributed by atoms with van der Waals surface area (Å²) >= 11 is 31.2. The van der Waals surface area contributed by atoms with Gasteiger partial charge in [0.1, 0.15) is 84.4 Å². The molecule has 0 fully saturated rings. The van der Waals surface area contributed by atoms with Crippen molar-refractivity contribution < 1.29 is 33.8 Å². The number of hydrogen-bond acceptors (Lipinski definition) is 25. The number of thiophene rings is 4. The average Bonchev–Trinajstić information content (AvgIpc) is 1.61. The van der Waals surface area contributed by atoms with Crippen LogP contribution < -0.4 is 22.1 Å². The van der Waals surface area contributed by atoms with E-state index in [4.69, 9.17) is 81.7 Å². The maximum Gasteiger partial charge on any atom is 0.308 e. The van der Waals surface area contributed by atoms with Crippen LogP contribution in [0.1, 0.15) is 230 Å². The Balaban J connectivity index is 0.000000137. The lowest BCUT2D eigenvalue weighted by Gasteiger charge is -2.21. The van der Waals surface area contributed by atoms with E-state index in [1.165, 1.54) is 19.5 Å². The molecule has 27 nitrogen and oxygen atoms in total. The molecule has 4 unspecified atom stereocenters. The zero-order valence-corrected chi connectivity index (χ0v) is 79.0. The smallest absolute Gasteiger partial charge is 0.308 e. The number of aromatic nitrogens is 12. The fourth-order valence-corrected chi connectivity index (χ4v) is 20.3. The normalized spacial score (nSPS) is 15.3. The SMILES string of the molecule is Cc1sc2c(c1C)C(c1ccc(Cl)cc1)=NC(CC(=O)NN)c1nnc(C)n1-2.Cc1sc2c(c1C)C(c1ccc(Cl)cc1)=NC(CC(=O)NNCc1ccc(O)cc1)c1nnc(C)n1-2.Cc1sc2c(c1C)C(c1ccc(Cl)cc1)=NC(CC(=O)OC(C)(C)C)c1nnc(C)n1-2.Cc1sc2c(c1C)C(c1ccc(Cl)cc1)=NC(CC(=O)OC(C)(C)C)c1nnc(C)n1-2. The van der Waals surface area contributed by atoms with Crippen LogP contribution in [0, 0.1) is 83.1 Å². The van der Waals surface area contributed by atoms with Crippen molar-refractivity contribution in [3.63, 3.8) is 0 Å². The van der Waals surface area contributed by atoms with Crippen molar-refractivity contribution >= 4 is 138 Å².